The summed E-state index contributed by atoms with van der Waals surface area (Å²) in [7, 11) is 0. The van der Waals surface area contributed by atoms with Gasteiger partial charge in [-0.1, -0.05) is 25.8 Å². The van der Waals surface area contributed by atoms with Crippen LogP contribution in [0.3, 0.4) is 0 Å². The monoisotopic (exact) mass is 245 g/mol. The number of carbonyl (C=O) groups is 1. The lowest BCUT2D eigenvalue weighted by Crippen LogP contribution is -2.13. The van der Waals surface area contributed by atoms with Crippen LogP contribution in [0.25, 0.3) is 0 Å². The molecule has 96 valence electrons. The first-order valence-electron chi connectivity index (χ1n) is 6.07. The van der Waals surface area contributed by atoms with Crippen LogP contribution in [0.4, 0.5) is 5.82 Å². The van der Waals surface area contributed by atoms with E-state index in [1.807, 2.05) is 6.07 Å². The van der Waals surface area contributed by atoms with E-state index in [9.17, 15) is 4.79 Å². The number of nitrogens with two attached hydrogens (primary N) is 1. The lowest BCUT2D eigenvalue weighted by Gasteiger charge is -2.06. The number of nitrogens with one attached hydrogen (secondary N) is 1. The van der Waals surface area contributed by atoms with Gasteiger partial charge in [-0.25, -0.2) is 4.98 Å². The van der Waals surface area contributed by atoms with E-state index in [2.05, 4.69) is 36.0 Å². The zero-order valence-electron chi connectivity index (χ0n) is 10.9. The maximum Gasteiger partial charge on any atom is 0.225 e. The highest BCUT2D eigenvalue weighted by Crippen LogP contribution is 2.08. The first kappa shape index (κ1) is 14.2. The molecule has 0 aliphatic heterocycles. The normalized spacial score (nSPS) is 9.78. The van der Waals surface area contributed by atoms with Crippen LogP contribution in [-0.4, -0.2) is 17.4 Å². The number of aromatic nitrogens is 1. The number of carbonyl (C=O) groups excluding carboxylic acids is 1. The minimum atomic E-state index is -0.0138. The minimum absolute atomic E-state index is 0.0138. The van der Waals surface area contributed by atoms with Gasteiger partial charge in [-0.3, -0.25) is 4.79 Å². The summed E-state index contributed by atoms with van der Waals surface area (Å²) in [4.78, 5) is 15.9. The highest BCUT2D eigenvalue weighted by atomic mass is 16.1. The molecule has 18 heavy (non-hydrogen) atoms. The fourth-order valence-electron chi connectivity index (χ4n) is 1.34. The molecule has 0 bridgehead atoms. The number of rotatable bonds is 4. The SMILES string of the molecule is CC(C)CCC(=O)Nc1cccc(C#CCN)n1. The van der Waals surface area contributed by atoms with E-state index in [1.165, 1.54) is 0 Å². The van der Waals surface area contributed by atoms with Gasteiger partial charge < -0.3 is 11.1 Å². The molecule has 4 nitrogen and oxygen atoms in total. The summed E-state index contributed by atoms with van der Waals surface area (Å²) in [6, 6.07) is 5.35. The second-order valence-corrected chi connectivity index (χ2v) is 4.39. The molecule has 4 heteroatoms. The first-order chi connectivity index (χ1) is 8.61. The summed E-state index contributed by atoms with van der Waals surface area (Å²) in [6.07, 6.45) is 1.39. The molecule has 0 spiro atoms. The number of hydrogen-bond acceptors (Lipinski definition) is 3. The Morgan fingerprint density at radius 3 is 2.94 bits per heavy atom. The molecule has 3 N–H and O–H groups in total. The van der Waals surface area contributed by atoms with Gasteiger partial charge in [-0.05, 0) is 30.4 Å². The van der Waals surface area contributed by atoms with Gasteiger partial charge in [-0.2, -0.15) is 0 Å². The summed E-state index contributed by atoms with van der Waals surface area (Å²) in [5.74, 6) is 6.60. The molecule has 0 atom stereocenters. The van der Waals surface area contributed by atoms with Gasteiger partial charge in [0.05, 0.1) is 6.54 Å². The molecule has 0 fully saturated rings. The van der Waals surface area contributed by atoms with Gasteiger partial charge in [-0.15, -0.1) is 0 Å². The van der Waals surface area contributed by atoms with Crippen LogP contribution in [0, 0.1) is 17.8 Å². The Bertz CT molecular complexity index is 458. The zero-order chi connectivity index (χ0) is 13.4. The summed E-state index contributed by atoms with van der Waals surface area (Å²) in [5.41, 5.74) is 5.90. The number of pyridine rings is 1. The van der Waals surface area contributed by atoms with E-state index in [-0.39, 0.29) is 5.91 Å². The first-order valence-corrected chi connectivity index (χ1v) is 6.07. The van der Waals surface area contributed by atoms with Gasteiger partial charge in [0.1, 0.15) is 11.5 Å². The minimum Gasteiger partial charge on any atom is -0.320 e. The maximum atomic E-state index is 11.6. The van der Waals surface area contributed by atoms with Crippen LogP contribution < -0.4 is 11.1 Å². The maximum absolute atomic E-state index is 11.6. The van der Waals surface area contributed by atoms with Crippen molar-refractivity contribution in [3.05, 3.63) is 23.9 Å². The molecule has 1 aromatic heterocycles. The number of anilines is 1. The predicted molar refractivity (Wildman–Crippen MR) is 72.9 cm³/mol. The standard InChI is InChI=1S/C14H19N3O/c1-11(2)8-9-14(18)17-13-7-3-5-12(16-13)6-4-10-15/h3,5,7,11H,8-10,15H2,1-2H3,(H,16,17,18). The van der Waals surface area contributed by atoms with E-state index < -0.39 is 0 Å². The van der Waals surface area contributed by atoms with Crippen LogP contribution in [0.5, 0.6) is 0 Å². The second-order valence-electron chi connectivity index (χ2n) is 4.39. The van der Waals surface area contributed by atoms with Crippen molar-refractivity contribution < 1.29 is 4.79 Å². The van der Waals surface area contributed by atoms with Crippen molar-refractivity contribution in [2.45, 2.75) is 26.7 Å². The van der Waals surface area contributed by atoms with Crippen molar-refractivity contribution >= 4 is 11.7 Å². The van der Waals surface area contributed by atoms with Crippen molar-refractivity contribution in [2.24, 2.45) is 11.7 Å². The molecule has 0 aliphatic rings. The Morgan fingerprint density at radius 2 is 2.28 bits per heavy atom. The summed E-state index contributed by atoms with van der Waals surface area (Å²) in [5, 5.41) is 2.77. The van der Waals surface area contributed by atoms with Crippen molar-refractivity contribution in [2.75, 3.05) is 11.9 Å². The van der Waals surface area contributed by atoms with Crippen LogP contribution in [0.15, 0.2) is 18.2 Å². The Kier molecular flexibility index (Phi) is 5.89. The molecule has 0 aromatic carbocycles. The smallest absolute Gasteiger partial charge is 0.225 e. The molecule has 1 amide bonds. The Morgan fingerprint density at radius 1 is 1.50 bits per heavy atom. The highest BCUT2D eigenvalue weighted by molar-refractivity contribution is 5.89. The Balaban J connectivity index is 2.59. The quantitative estimate of drug-likeness (QED) is 0.794. The van der Waals surface area contributed by atoms with Crippen LogP contribution in [0.2, 0.25) is 0 Å². The molecule has 0 saturated heterocycles. The highest BCUT2D eigenvalue weighted by Gasteiger charge is 2.04. The van der Waals surface area contributed by atoms with Gasteiger partial charge in [0.15, 0.2) is 0 Å². The largest absolute Gasteiger partial charge is 0.320 e. The lowest BCUT2D eigenvalue weighted by molar-refractivity contribution is -0.116. The topological polar surface area (TPSA) is 68.0 Å². The molecule has 0 saturated carbocycles. The second kappa shape index (κ2) is 7.46. The fourth-order valence-corrected chi connectivity index (χ4v) is 1.34. The van der Waals surface area contributed by atoms with Gasteiger partial charge in [0, 0.05) is 6.42 Å². The lowest BCUT2D eigenvalue weighted by atomic mass is 10.1. The summed E-state index contributed by atoms with van der Waals surface area (Å²) >= 11 is 0. The third-order valence-electron chi connectivity index (χ3n) is 2.28. The van der Waals surface area contributed by atoms with E-state index in [0.29, 0.717) is 30.4 Å². The van der Waals surface area contributed by atoms with Crippen molar-refractivity contribution in [1.29, 1.82) is 0 Å². The van der Waals surface area contributed by atoms with Crippen molar-refractivity contribution in [3.63, 3.8) is 0 Å². The molecular weight excluding hydrogens is 226 g/mol. The fraction of sp³-hybridized carbons (Fsp3) is 0.429. The molecule has 0 aliphatic carbocycles. The van der Waals surface area contributed by atoms with E-state index in [0.717, 1.165) is 6.42 Å². The average molecular weight is 245 g/mol. The summed E-state index contributed by atoms with van der Waals surface area (Å²) in [6.45, 7) is 4.48. The van der Waals surface area contributed by atoms with Gasteiger partial charge >= 0.3 is 0 Å². The molecule has 0 radical (unpaired) electrons. The van der Waals surface area contributed by atoms with E-state index in [1.54, 1.807) is 12.1 Å². The van der Waals surface area contributed by atoms with E-state index in [4.69, 9.17) is 5.73 Å². The number of nitrogens with zero attached hydrogens (tertiary/aromatic N) is 1. The summed E-state index contributed by atoms with van der Waals surface area (Å²) < 4.78 is 0. The Hall–Kier alpha value is -1.86. The zero-order valence-corrected chi connectivity index (χ0v) is 10.9. The molecular formula is C14H19N3O. The molecule has 1 aromatic rings. The number of amides is 1. The molecule has 1 heterocycles. The van der Waals surface area contributed by atoms with Crippen molar-refractivity contribution in [3.8, 4) is 11.8 Å². The van der Waals surface area contributed by atoms with Crippen LogP contribution >= 0.6 is 0 Å². The molecule has 0 unspecified atom stereocenters. The van der Waals surface area contributed by atoms with Gasteiger partial charge in [0.25, 0.3) is 0 Å². The van der Waals surface area contributed by atoms with Crippen molar-refractivity contribution in [1.82, 2.24) is 4.98 Å². The number of hydrogen-bond donors (Lipinski definition) is 2. The third kappa shape index (κ3) is 5.46. The third-order valence-corrected chi connectivity index (χ3v) is 2.28. The predicted octanol–water partition coefficient (Wildman–Crippen LogP) is 1.77. The molecule has 1 rings (SSSR count). The van der Waals surface area contributed by atoms with Crippen LogP contribution in [0.1, 0.15) is 32.4 Å². The van der Waals surface area contributed by atoms with Crippen LogP contribution in [-0.2, 0) is 4.79 Å². The van der Waals surface area contributed by atoms with E-state index >= 15 is 0 Å². The van der Waals surface area contributed by atoms with Gasteiger partial charge in [0.2, 0.25) is 5.91 Å². The average Bonchev–Trinajstić information content (AvgIpc) is 2.34. The Labute approximate surface area is 108 Å².